The van der Waals surface area contributed by atoms with Gasteiger partial charge in [-0.05, 0) is 12.5 Å². The fraction of sp³-hybridized carbons (Fsp3) is 0.182. The maximum atomic E-state index is 10.6. The predicted molar refractivity (Wildman–Crippen MR) is 54.8 cm³/mol. The fourth-order valence-electron chi connectivity index (χ4n) is 0.757. The van der Waals surface area contributed by atoms with E-state index >= 15 is 0 Å². The molecule has 1 N–H and O–H groups in total. The van der Waals surface area contributed by atoms with Gasteiger partial charge in [0.05, 0.1) is 0 Å². The number of carboxylic acids is 1. The van der Waals surface area contributed by atoms with Gasteiger partial charge in [-0.2, -0.15) is 13.2 Å². The second-order valence-corrected chi connectivity index (χ2v) is 2.71. The van der Waals surface area contributed by atoms with Crippen molar-refractivity contribution in [2.24, 2.45) is 0 Å². The van der Waals surface area contributed by atoms with Crippen molar-refractivity contribution >= 4 is 12.0 Å². The van der Waals surface area contributed by atoms with Crippen LogP contribution in [0.15, 0.2) is 36.4 Å². The SMILES string of the molecule is CC=Cc1ccccc1.O=C(O)C(F)(F)F. The number of rotatable bonds is 1. The van der Waals surface area contributed by atoms with Gasteiger partial charge >= 0.3 is 12.1 Å². The minimum atomic E-state index is -5.08. The fourth-order valence-corrected chi connectivity index (χ4v) is 0.757. The molecule has 0 aliphatic carbocycles. The van der Waals surface area contributed by atoms with Gasteiger partial charge in [-0.1, -0.05) is 42.5 Å². The van der Waals surface area contributed by atoms with Crippen LogP contribution in [-0.2, 0) is 4.79 Å². The van der Waals surface area contributed by atoms with Crippen LogP contribution < -0.4 is 0 Å². The Kier molecular flexibility index (Phi) is 5.92. The lowest BCUT2D eigenvalue weighted by Gasteiger charge is -1.93. The summed E-state index contributed by atoms with van der Waals surface area (Å²) in [5.41, 5.74) is 1.26. The number of allylic oxidation sites excluding steroid dienone is 1. The zero-order valence-corrected chi connectivity index (χ0v) is 8.53. The standard InChI is InChI=1S/C9H10.C2HF3O2/c1-2-6-9-7-4-3-5-8-9;3-2(4,5)1(6)7/h2-8H,1H3;(H,6,7). The van der Waals surface area contributed by atoms with E-state index < -0.39 is 12.1 Å². The van der Waals surface area contributed by atoms with Gasteiger partial charge in [0.2, 0.25) is 0 Å². The number of benzene rings is 1. The molecule has 0 bridgehead atoms. The third-order valence-electron chi connectivity index (χ3n) is 1.40. The van der Waals surface area contributed by atoms with Crippen LogP contribution in [-0.4, -0.2) is 17.3 Å². The van der Waals surface area contributed by atoms with E-state index in [2.05, 4.69) is 18.2 Å². The number of carbonyl (C=O) groups is 1. The lowest BCUT2D eigenvalue weighted by atomic mass is 10.2. The lowest BCUT2D eigenvalue weighted by molar-refractivity contribution is -0.192. The highest BCUT2D eigenvalue weighted by Crippen LogP contribution is 2.13. The minimum Gasteiger partial charge on any atom is -0.475 e. The molecule has 1 aromatic carbocycles. The average Bonchev–Trinajstić information content (AvgIpc) is 2.19. The van der Waals surface area contributed by atoms with Gasteiger partial charge in [-0.25, -0.2) is 4.79 Å². The van der Waals surface area contributed by atoms with Crippen molar-refractivity contribution in [1.29, 1.82) is 0 Å². The molecule has 0 aromatic heterocycles. The van der Waals surface area contributed by atoms with Crippen LogP contribution >= 0.6 is 0 Å². The predicted octanol–water partition coefficient (Wildman–Crippen LogP) is 3.35. The van der Waals surface area contributed by atoms with Crippen molar-refractivity contribution in [3.63, 3.8) is 0 Å². The largest absolute Gasteiger partial charge is 0.490 e. The van der Waals surface area contributed by atoms with Crippen LogP contribution in [0.2, 0.25) is 0 Å². The topological polar surface area (TPSA) is 37.3 Å². The highest BCUT2D eigenvalue weighted by atomic mass is 19.4. The number of aliphatic carboxylic acids is 1. The highest BCUT2D eigenvalue weighted by molar-refractivity contribution is 5.73. The first-order valence-corrected chi connectivity index (χ1v) is 4.35. The van der Waals surface area contributed by atoms with E-state index in [0.29, 0.717) is 0 Å². The molecular weight excluding hydrogens is 221 g/mol. The summed E-state index contributed by atoms with van der Waals surface area (Å²) in [5.74, 6) is -2.76. The molecule has 0 fully saturated rings. The number of hydrogen-bond acceptors (Lipinski definition) is 1. The molecule has 0 atom stereocenters. The first kappa shape index (κ1) is 14.2. The zero-order chi connectivity index (χ0) is 12.6. The summed E-state index contributed by atoms with van der Waals surface area (Å²) in [5, 5.41) is 7.12. The zero-order valence-electron chi connectivity index (χ0n) is 8.53. The Balaban J connectivity index is 0.000000293. The number of hydrogen-bond donors (Lipinski definition) is 1. The van der Waals surface area contributed by atoms with Crippen LogP contribution in [0.5, 0.6) is 0 Å². The van der Waals surface area contributed by atoms with Gasteiger partial charge in [0.15, 0.2) is 0 Å². The average molecular weight is 232 g/mol. The van der Waals surface area contributed by atoms with Crippen LogP contribution in [0.25, 0.3) is 6.08 Å². The molecule has 2 nitrogen and oxygen atoms in total. The molecule has 1 rings (SSSR count). The molecule has 16 heavy (non-hydrogen) atoms. The van der Waals surface area contributed by atoms with Crippen molar-refractivity contribution in [2.45, 2.75) is 13.1 Å². The van der Waals surface area contributed by atoms with Crippen molar-refractivity contribution in [2.75, 3.05) is 0 Å². The minimum absolute atomic E-state index is 1.26. The Labute approximate surface area is 91.0 Å². The van der Waals surface area contributed by atoms with Crippen LogP contribution in [0.4, 0.5) is 13.2 Å². The molecule has 0 heterocycles. The summed E-state index contributed by atoms with van der Waals surface area (Å²) in [6, 6.07) is 10.3. The van der Waals surface area contributed by atoms with Gasteiger partial charge in [0.25, 0.3) is 0 Å². The maximum Gasteiger partial charge on any atom is 0.490 e. The molecule has 5 heteroatoms. The van der Waals surface area contributed by atoms with Crippen LogP contribution in [0, 0.1) is 0 Å². The number of carboxylic acid groups (broad SMARTS) is 1. The van der Waals surface area contributed by atoms with Crippen molar-refractivity contribution in [3.8, 4) is 0 Å². The third-order valence-corrected chi connectivity index (χ3v) is 1.40. The molecule has 88 valence electrons. The van der Waals surface area contributed by atoms with Crippen LogP contribution in [0.3, 0.4) is 0 Å². The Morgan fingerprint density at radius 2 is 1.69 bits per heavy atom. The van der Waals surface area contributed by atoms with E-state index in [1.54, 1.807) is 0 Å². The van der Waals surface area contributed by atoms with E-state index in [1.807, 2.05) is 31.2 Å². The first-order chi connectivity index (χ1) is 7.38. The summed E-state index contributed by atoms with van der Waals surface area (Å²) < 4.78 is 31.7. The number of alkyl halides is 3. The van der Waals surface area contributed by atoms with Gasteiger partial charge in [-0.3, -0.25) is 0 Å². The molecule has 0 aliphatic rings. The highest BCUT2D eigenvalue weighted by Gasteiger charge is 2.38. The monoisotopic (exact) mass is 232 g/mol. The van der Waals surface area contributed by atoms with Gasteiger partial charge < -0.3 is 5.11 Å². The summed E-state index contributed by atoms with van der Waals surface area (Å²) in [6.45, 7) is 2.02. The van der Waals surface area contributed by atoms with E-state index in [0.717, 1.165) is 0 Å². The van der Waals surface area contributed by atoms with Gasteiger partial charge in [0, 0.05) is 0 Å². The summed E-state index contributed by atoms with van der Waals surface area (Å²) >= 11 is 0. The molecular formula is C11H11F3O2. The summed E-state index contributed by atoms with van der Waals surface area (Å²) in [7, 11) is 0. The Morgan fingerprint density at radius 1 is 1.25 bits per heavy atom. The summed E-state index contributed by atoms with van der Waals surface area (Å²) in [4.78, 5) is 8.90. The quantitative estimate of drug-likeness (QED) is 0.806. The van der Waals surface area contributed by atoms with Gasteiger partial charge in [-0.15, -0.1) is 0 Å². The second-order valence-electron chi connectivity index (χ2n) is 2.71. The Hall–Kier alpha value is -1.78. The Bertz CT molecular complexity index is 342. The normalized spacial score (nSPS) is 10.8. The molecule has 0 aliphatic heterocycles. The van der Waals surface area contributed by atoms with E-state index in [4.69, 9.17) is 9.90 Å². The van der Waals surface area contributed by atoms with Crippen molar-refractivity contribution in [1.82, 2.24) is 0 Å². The third kappa shape index (κ3) is 6.64. The molecule has 1 aromatic rings. The molecule has 0 saturated carbocycles. The van der Waals surface area contributed by atoms with E-state index in [1.165, 1.54) is 5.56 Å². The smallest absolute Gasteiger partial charge is 0.475 e. The van der Waals surface area contributed by atoms with Crippen LogP contribution in [0.1, 0.15) is 12.5 Å². The summed E-state index contributed by atoms with van der Waals surface area (Å²) in [6.07, 6.45) is -0.963. The molecule has 0 spiro atoms. The van der Waals surface area contributed by atoms with E-state index in [-0.39, 0.29) is 0 Å². The molecule has 0 radical (unpaired) electrons. The lowest BCUT2D eigenvalue weighted by Crippen LogP contribution is -2.21. The molecule has 0 unspecified atom stereocenters. The Morgan fingerprint density at radius 3 is 2.00 bits per heavy atom. The second kappa shape index (κ2) is 6.66. The maximum absolute atomic E-state index is 10.6. The van der Waals surface area contributed by atoms with Gasteiger partial charge in [0.1, 0.15) is 0 Å². The molecule has 0 amide bonds. The number of halogens is 3. The first-order valence-electron chi connectivity index (χ1n) is 4.35. The van der Waals surface area contributed by atoms with E-state index in [9.17, 15) is 13.2 Å². The van der Waals surface area contributed by atoms with Crippen molar-refractivity contribution < 1.29 is 23.1 Å². The molecule has 0 saturated heterocycles. The van der Waals surface area contributed by atoms with Crippen molar-refractivity contribution in [3.05, 3.63) is 42.0 Å².